The summed E-state index contributed by atoms with van der Waals surface area (Å²) < 4.78 is 0. The van der Waals surface area contributed by atoms with Gasteiger partial charge in [-0.3, -0.25) is 20.0 Å². The van der Waals surface area contributed by atoms with Gasteiger partial charge in [0.25, 0.3) is 0 Å². The first-order valence-electron chi connectivity index (χ1n) is 7.09. The molecule has 3 rings (SSSR count). The van der Waals surface area contributed by atoms with Crippen LogP contribution in [-0.4, -0.2) is 22.7 Å². The van der Waals surface area contributed by atoms with Crippen molar-refractivity contribution in [2.45, 2.75) is 18.9 Å². The highest BCUT2D eigenvalue weighted by molar-refractivity contribution is 7.99. The van der Waals surface area contributed by atoms with Crippen LogP contribution in [0.25, 0.3) is 11.3 Å². The lowest BCUT2D eigenvalue weighted by Crippen LogP contribution is -2.39. The fourth-order valence-electron chi connectivity index (χ4n) is 2.31. The Morgan fingerprint density at radius 3 is 2.48 bits per heavy atom. The van der Waals surface area contributed by atoms with E-state index in [1.807, 2.05) is 36.4 Å². The number of benzene rings is 1. The summed E-state index contributed by atoms with van der Waals surface area (Å²) in [7, 11) is 0. The van der Waals surface area contributed by atoms with Gasteiger partial charge in [-0.15, -0.1) is 0 Å². The van der Waals surface area contributed by atoms with Crippen molar-refractivity contribution in [3.05, 3.63) is 36.4 Å². The first-order chi connectivity index (χ1) is 11.0. The number of rotatable bonds is 3. The number of hydrogen-bond donors (Lipinski definition) is 2. The van der Waals surface area contributed by atoms with Gasteiger partial charge in [0.05, 0.1) is 17.3 Å². The molecule has 0 radical (unpaired) electrons. The molecule has 0 bridgehead atoms. The van der Waals surface area contributed by atoms with Crippen LogP contribution in [0.3, 0.4) is 0 Å². The Morgan fingerprint density at radius 1 is 1.09 bits per heavy atom. The van der Waals surface area contributed by atoms with Gasteiger partial charge in [-0.05, 0) is 24.3 Å². The fraction of sp³-hybridized carbons (Fsp3) is 0.188. The summed E-state index contributed by atoms with van der Waals surface area (Å²) in [4.78, 5) is 26.9. The van der Waals surface area contributed by atoms with Crippen molar-refractivity contribution in [2.24, 2.45) is 0 Å². The van der Waals surface area contributed by atoms with Gasteiger partial charge in [0, 0.05) is 25.1 Å². The van der Waals surface area contributed by atoms with Gasteiger partial charge in [-0.1, -0.05) is 23.9 Å². The molecule has 2 N–H and O–H groups in total. The SMILES string of the molecule is CC(=O)Nc1ccc(-c2ccc3c(n2)SCN3NC(C)=O)cc1. The molecule has 6 nitrogen and oxygen atoms in total. The zero-order chi connectivity index (χ0) is 16.4. The number of anilines is 2. The summed E-state index contributed by atoms with van der Waals surface area (Å²) >= 11 is 1.58. The van der Waals surface area contributed by atoms with Gasteiger partial charge >= 0.3 is 0 Å². The second kappa shape index (κ2) is 6.29. The molecule has 7 heteroatoms. The Kier molecular flexibility index (Phi) is 4.20. The van der Waals surface area contributed by atoms with Gasteiger partial charge < -0.3 is 5.32 Å². The molecule has 0 spiro atoms. The summed E-state index contributed by atoms with van der Waals surface area (Å²) in [6.45, 7) is 2.97. The van der Waals surface area contributed by atoms with Crippen molar-refractivity contribution in [3.63, 3.8) is 0 Å². The van der Waals surface area contributed by atoms with E-state index in [1.165, 1.54) is 13.8 Å². The minimum Gasteiger partial charge on any atom is -0.326 e. The van der Waals surface area contributed by atoms with Crippen molar-refractivity contribution in [1.29, 1.82) is 0 Å². The maximum Gasteiger partial charge on any atom is 0.235 e. The number of nitrogens with zero attached hydrogens (tertiary/aromatic N) is 2. The van der Waals surface area contributed by atoms with Gasteiger partial charge in [0.2, 0.25) is 11.8 Å². The molecule has 0 aliphatic carbocycles. The van der Waals surface area contributed by atoms with E-state index in [0.717, 1.165) is 27.7 Å². The van der Waals surface area contributed by atoms with Crippen LogP contribution in [0.15, 0.2) is 41.4 Å². The Hall–Kier alpha value is -2.54. The van der Waals surface area contributed by atoms with Crippen molar-refractivity contribution in [3.8, 4) is 11.3 Å². The third-order valence-corrected chi connectivity index (χ3v) is 4.22. The number of aromatic nitrogens is 1. The number of amides is 2. The van der Waals surface area contributed by atoms with Crippen LogP contribution in [0.1, 0.15) is 13.8 Å². The number of carbonyl (C=O) groups is 2. The average Bonchev–Trinajstić information content (AvgIpc) is 2.89. The molecule has 1 aliphatic heterocycles. The number of pyridine rings is 1. The second-order valence-corrected chi connectivity index (χ2v) is 6.08. The number of thioether (sulfide) groups is 1. The van der Waals surface area contributed by atoms with E-state index in [1.54, 1.807) is 16.8 Å². The number of fused-ring (bicyclic) bond motifs is 1. The summed E-state index contributed by atoms with van der Waals surface area (Å²) in [5, 5.41) is 5.42. The number of nitrogens with one attached hydrogen (secondary N) is 2. The third kappa shape index (κ3) is 3.45. The smallest absolute Gasteiger partial charge is 0.235 e. The van der Waals surface area contributed by atoms with Crippen molar-refractivity contribution < 1.29 is 9.59 Å². The van der Waals surface area contributed by atoms with E-state index in [9.17, 15) is 9.59 Å². The Balaban J connectivity index is 1.82. The highest BCUT2D eigenvalue weighted by Crippen LogP contribution is 2.37. The lowest BCUT2D eigenvalue weighted by atomic mass is 10.1. The van der Waals surface area contributed by atoms with Crippen LogP contribution in [0, 0.1) is 0 Å². The Bertz CT molecular complexity index is 761. The maximum atomic E-state index is 11.2. The van der Waals surface area contributed by atoms with Crippen LogP contribution in [0.5, 0.6) is 0 Å². The van der Waals surface area contributed by atoms with Gasteiger partial charge in [-0.2, -0.15) is 0 Å². The lowest BCUT2D eigenvalue weighted by molar-refractivity contribution is -0.119. The second-order valence-electron chi connectivity index (χ2n) is 5.15. The normalized spacial score (nSPS) is 12.7. The third-order valence-electron chi connectivity index (χ3n) is 3.25. The molecule has 0 fully saturated rings. The molecule has 0 unspecified atom stereocenters. The van der Waals surface area contributed by atoms with Gasteiger partial charge in [-0.25, -0.2) is 4.98 Å². The largest absolute Gasteiger partial charge is 0.326 e. The molecular formula is C16H16N4O2S. The van der Waals surface area contributed by atoms with E-state index in [4.69, 9.17) is 0 Å². The summed E-state index contributed by atoms with van der Waals surface area (Å²) in [5.41, 5.74) is 6.27. The van der Waals surface area contributed by atoms with Crippen molar-refractivity contribution in [2.75, 3.05) is 16.2 Å². The quantitative estimate of drug-likeness (QED) is 0.906. The first kappa shape index (κ1) is 15.4. The zero-order valence-electron chi connectivity index (χ0n) is 12.8. The highest BCUT2D eigenvalue weighted by atomic mass is 32.2. The number of hydrogen-bond acceptors (Lipinski definition) is 5. The molecule has 0 atom stereocenters. The maximum absolute atomic E-state index is 11.2. The predicted octanol–water partition coefficient (Wildman–Crippen LogP) is 2.63. The molecule has 1 aliphatic rings. The minimum atomic E-state index is -0.101. The topological polar surface area (TPSA) is 74.3 Å². The Labute approximate surface area is 138 Å². The van der Waals surface area contributed by atoms with Gasteiger partial charge in [0.1, 0.15) is 5.03 Å². The van der Waals surface area contributed by atoms with Crippen LogP contribution < -0.4 is 15.8 Å². The number of hydrazine groups is 1. The van der Waals surface area contributed by atoms with Crippen molar-refractivity contribution in [1.82, 2.24) is 10.4 Å². The Morgan fingerprint density at radius 2 is 1.83 bits per heavy atom. The highest BCUT2D eigenvalue weighted by Gasteiger charge is 2.22. The van der Waals surface area contributed by atoms with Crippen LogP contribution in [-0.2, 0) is 9.59 Å². The summed E-state index contributed by atoms with van der Waals surface area (Å²) in [6.07, 6.45) is 0. The van der Waals surface area contributed by atoms with Gasteiger partial charge in [0.15, 0.2) is 0 Å². The number of carbonyl (C=O) groups excluding carboxylic acids is 2. The van der Waals surface area contributed by atoms with Crippen LogP contribution in [0.4, 0.5) is 11.4 Å². The lowest BCUT2D eigenvalue weighted by Gasteiger charge is -2.17. The summed E-state index contributed by atoms with van der Waals surface area (Å²) in [6, 6.07) is 11.4. The summed E-state index contributed by atoms with van der Waals surface area (Å²) in [5.74, 6) is 0.450. The first-order valence-corrected chi connectivity index (χ1v) is 8.08. The standard InChI is InChI=1S/C16H16N4O2S/c1-10(21)17-13-5-3-12(4-6-13)14-7-8-15-16(18-14)23-9-20(15)19-11(2)22/h3-8H,9H2,1-2H3,(H,17,21)(H,19,22). The van der Waals surface area contributed by atoms with E-state index in [0.29, 0.717) is 5.88 Å². The average molecular weight is 328 g/mol. The van der Waals surface area contributed by atoms with Crippen molar-refractivity contribution >= 4 is 35.0 Å². The minimum absolute atomic E-state index is 0.0946. The molecule has 2 heterocycles. The molecule has 0 saturated carbocycles. The fourth-order valence-corrected chi connectivity index (χ4v) is 3.25. The molecule has 23 heavy (non-hydrogen) atoms. The van der Waals surface area contributed by atoms with E-state index >= 15 is 0 Å². The van der Waals surface area contributed by atoms with E-state index in [-0.39, 0.29) is 11.8 Å². The molecule has 2 aromatic rings. The molecule has 0 saturated heterocycles. The van der Waals surface area contributed by atoms with Crippen LogP contribution in [0.2, 0.25) is 0 Å². The molecule has 1 aromatic carbocycles. The predicted molar refractivity (Wildman–Crippen MR) is 91.0 cm³/mol. The van der Waals surface area contributed by atoms with E-state index in [2.05, 4.69) is 15.7 Å². The van der Waals surface area contributed by atoms with Crippen LogP contribution >= 0.6 is 11.8 Å². The molecule has 118 valence electrons. The molecule has 1 aromatic heterocycles. The van der Waals surface area contributed by atoms with E-state index < -0.39 is 0 Å². The monoisotopic (exact) mass is 328 g/mol. The molecular weight excluding hydrogens is 312 g/mol. The molecule has 2 amide bonds. The zero-order valence-corrected chi connectivity index (χ0v) is 13.6.